The number of nitrogen functional groups attached to an aromatic ring is 1. The quantitative estimate of drug-likeness (QED) is 0.675. The predicted octanol–water partition coefficient (Wildman–Crippen LogP) is 4.65. The van der Waals surface area contributed by atoms with Crippen molar-refractivity contribution in [3.63, 3.8) is 0 Å². The van der Waals surface area contributed by atoms with Crippen LogP contribution in [0, 0.1) is 0 Å². The van der Waals surface area contributed by atoms with E-state index in [1.807, 2.05) is 24.3 Å². The van der Waals surface area contributed by atoms with Crippen molar-refractivity contribution in [3.8, 4) is 0 Å². The fourth-order valence-electron chi connectivity index (χ4n) is 3.14. The lowest BCUT2D eigenvalue weighted by Crippen LogP contribution is -2.26. The molecular formula is C19H18BrN5. The molecule has 0 amide bonds. The fourth-order valence-corrected chi connectivity index (χ4v) is 3.53. The summed E-state index contributed by atoms with van der Waals surface area (Å²) in [6.07, 6.45) is 3.72. The SMILES string of the molecule is Nc1c(Nc2ccccc2Br)ncnc1N1CCCc2ccccc21. The Balaban J connectivity index is 1.72. The van der Waals surface area contributed by atoms with E-state index in [0.29, 0.717) is 11.5 Å². The van der Waals surface area contributed by atoms with Gasteiger partial charge in [-0.05, 0) is 52.5 Å². The molecule has 3 aromatic rings. The van der Waals surface area contributed by atoms with E-state index in [4.69, 9.17) is 5.73 Å². The Morgan fingerprint density at radius 1 is 1.04 bits per heavy atom. The van der Waals surface area contributed by atoms with E-state index in [9.17, 15) is 0 Å². The summed E-state index contributed by atoms with van der Waals surface area (Å²) >= 11 is 3.54. The first-order valence-corrected chi connectivity index (χ1v) is 9.01. The third kappa shape index (κ3) is 3.05. The van der Waals surface area contributed by atoms with Crippen LogP contribution in [0.25, 0.3) is 0 Å². The number of rotatable bonds is 3. The number of para-hydroxylation sites is 2. The summed E-state index contributed by atoms with van der Waals surface area (Å²) in [5.74, 6) is 1.36. The van der Waals surface area contributed by atoms with Gasteiger partial charge in [0.1, 0.15) is 12.0 Å². The Hall–Kier alpha value is -2.60. The molecule has 4 rings (SSSR count). The van der Waals surface area contributed by atoms with Gasteiger partial charge in [-0.2, -0.15) is 0 Å². The average molecular weight is 396 g/mol. The molecule has 0 spiro atoms. The summed E-state index contributed by atoms with van der Waals surface area (Å²) in [6, 6.07) is 16.3. The number of hydrogen-bond donors (Lipinski definition) is 2. The van der Waals surface area contributed by atoms with Crippen molar-refractivity contribution in [1.82, 2.24) is 9.97 Å². The lowest BCUT2D eigenvalue weighted by atomic mass is 10.0. The second kappa shape index (κ2) is 6.72. The molecule has 6 heteroatoms. The molecule has 25 heavy (non-hydrogen) atoms. The second-order valence-corrected chi connectivity index (χ2v) is 6.80. The number of aryl methyl sites for hydroxylation is 1. The van der Waals surface area contributed by atoms with Crippen LogP contribution in [-0.2, 0) is 6.42 Å². The number of hydrogen-bond acceptors (Lipinski definition) is 5. The second-order valence-electron chi connectivity index (χ2n) is 5.95. The minimum Gasteiger partial charge on any atom is -0.393 e. The normalized spacial score (nSPS) is 13.4. The standard InChI is InChI=1S/C19H18BrN5/c20-14-8-2-3-9-15(14)24-18-17(21)19(23-12-22-18)25-11-5-7-13-6-1-4-10-16(13)25/h1-4,6,8-10,12H,5,7,11,21H2,(H,22,23,24). The summed E-state index contributed by atoms with van der Waals surface area (Å²) in [5, 5.41) is 3.29. The maximum Gasteiger partial charge on any atom is 0.161 e. The van der Waals surface area contributed by atoms with Gasteiger partial charge in [0, 0.05) is 16.7 Å². The third-order valence-electron chi connectivity index (χ3n) is 4.36. The van der Waals surface area contributed by atoms with Gasteiger partial charge in [0.05, 0.1) is 5.69 Å². The Morgan fingerprint density at radius 3 is 2.72 bits per heavy atom. The smallest absolute Gasteiger partial charge is 0.161 e. The van der Waals surface area contributed by atoms with Gasteiger partial charge in [0.25, 0.3) is 0 Å². The highest BCUT2D eigenvalue weighted by Crippen LogP contribution is 2.37. The van der Waals surface area contributed by atoms with E-state index in [1.54, 1.807) is 6.33 Å². The first kappa shape index (κ1) is 15.9. The fraction of sp³-hybridized carbons (Fsp3) is 0.158. The topological polar surface area (TPSA) is 67.1 Å². The van der Waals surface area contributed by atoms with Crippen LogP contribution in [0.15, 0.2) is 59.3 Å². The largest absolute Gasteiger partial charge is 0.393 e. The molecule has 5 nitrogen and oxygen atoms in total. The van der Waals surface area contributed by atoms with Gasteiger partial charge in [0.15, 0.2) is 11.6 Å². The highest BCUT2D eigenvalue weighted by Gasteiger charge is 2.22. The number of nitrogens with one attached hydrogen (secondary N) is 1. The van der Waals surface area contributed by atoms with Crippen molar-refractivity contribution in [2.75, 3.05) is 22.5 Å². The number of fused-ring (bicyclic) bond motifs is 1. The zero-order valence-corrected chi connectivity index (χ0v) is 15.2. The molecule has 2 heterocycles. The zero-order chi connectivity index (χ0) is 17.2. The molecule has 1 aromatic heterocycles. The molecule has 1 aliphatic heterocycles. The molecule has 0 aliphatic carbocycles. The minimum absolute atomic E-state index is 0.551. The van der Waals surface area contributed by atoms with Gasteiger partial charge in [-0.3, -0.25) is 0 Å². The molecule has 0 fully saturated rings. The summed E-state index contributed by atoms with van der Waals surface area (Å²) in [6.45, 7) is 0.896. The van der Waals surface area contributed by atoms with Crippen LogP contribution in [0.3, 0.4) is 0 Å². The number of nitrogens with two attached hydrogens (primary N) is 1. The summed E-state index contributed by atoms with van der Waals surface area (Å²) in [5.41, 5.74) is 10.4. The summed E-state index contributed by atoms with van der Waals surface area (Å²) in [7, 11) is 0. The maximum atomic E-state index is 6.42. The Morgan fingerprint density at radius 2 is 1.84 bits per heavy atom. The van der Waals surface area contributed by atoms with Gasteiger partial charge in [-0.15, -0.1) is 0 Å². The minimum atomic E-state index is 0.551. The molecule has 0 bridgehead atoms. The third-order valence-corrected chi connectivity index (χ3v) is 5.05. The Labute approximate surface area is 155 Å². The maximum absolute atomic E-state index is 6.42. The van der Waals surface area contributed by atoms with E-state index in [1.165, 1.54) is 11.3 Å². The summed E-state index contributed by atoms with van der Waals surface area (Å²) < 4.78 is 0.956. The van der Waals surface area contributed by atoms with Gasteiger partial charge in [-0.1, -0.05) is 30.3 Å². The van der Waals surface area contributed by atoms with Crippen molar-refractivity contribution in [1.29, 1.82) is 0 Å². The molecule has 3 N–H and O–H groups in total. The van der Waals surface area contributed by atoms with Crippen molar-refractivity contribution in [3.05, 3.63) is 64.9 Å². The highest BCUT2D eigenvalue weighted by atomic mass is 79.9. The number of anilines is 5. The van der Waals surface area contributed by atoms with Crippen LogP contribution >= 0.6 is 15.9 Å². The van der Waals surface area contributed by atoms with Crippen molar-refractivity contribution in [2.45, 2.75) is 12.8 Å². The van der Waals surface area contributed by atoms with Gasteiger partial charge >= 0.3 is 0 Å². The van der Waals surface area contributed by atoms with Crippen LogP contribution in [0.2, 0.25) is 0 Å². The van der Waals surface area contributed by atoms with Crippen LogP contribution in [0.5, 0.6) is 0 Å². The van der Waals surface area contributed by atoms with E-state index in [-0.39, 0.29) is 0 Å². The van der Waals surface area contributed by atoms with E-state index in [0.717, 1.165) is 35.4 Å². The molecule has 1 aliphatic rings. The van der Waals surface area contributed by atoms with Crippen LogP contribution < -0.4 is 16.0 Å². The van der Waals surface area contributed by atoms with Gasteiger partial charge in [-0.25, -0.2) is 9.97 Å². The first-order chi connectivity index (χ1) is 12.2. The van der Waals surface area contributed by atoms with Crippen molar-refractivity contribution in [2.24, 2.45) is 0 Å². The van der Waals surface area contributed by atoms with Crippen LogP contribution in [-0.4, -0.2) is 16.5 Å². The summed E-state index contributed by atoms with van der Waals surface area (Å²) in [4.78, 5) is 11.0. The van der Waals surface area contributed by atoms with Crippen LogP contribution in [0.4, 0.5) is 28.7 Å². The lowest BCUT2D eigenvalue weighted by Gasteiger charge is -2.31. The molecule has 0 atom stereocenters. The molecule has 0 unspecified atom stereocenters. The molecule has 0 saturated carbocycles. The molecule has 0 saturated heterocycles. The first-order valence-electron chi connectivity index (χ1n) is 8.21. The average Bonchev–Trinajstić information content (AvgIpc) is 2.65. The van der Waals surface area contributed by atoms with Crippen molar-refractivity contribution < 1.29 is 0 Å². The lowest BCUT2D eigenvalue weighted by molar-refractivity contribution is 0.759. The molecule has 2 aromatic carbocycles. The van der Waals surface area contributed by atoms with E-state index >= 15 is 0 Å². The zero-order valence-electron chi connectivity index (χ0n) is 13.6. The number of aromatic nitrogens is 2. The van der Waals surface area contributed by atoms with Gasteiger partial charge < -0.3 is 16.0 Å². The molecule has 126 valence electrons. The predicted molar refractivity (Wildman–Crippen MR) is 106 cm³/mol. The number of nitrogens with zero attached hydrogens (tertiary/aromatic N) is 3. The monoisotopic (exact) mass is 395 g/mol. The Bertz CT molecular complexity index is 912. The van der Waals surface area contributed by atoms with Gasteiger partial charge in [0.2, 0.25) is 0 Å². The van der Waals surface area contributed by atoms with E-state index < -0.39 is 0 Å². The Kier molecular flexibility index (Phi) is 4.28. The van der Waals surface area contributed by atoms with Crippen LogP contribution in [0.1, 0.15) is 12.0 Å². The molecule has 0 radical (unpaired) electrons. The molecular weight excluding hydrogens is 378 g/mol. The number of halogens is 1. The van der Waals surface area contributed by atoms with Crippen molar-refractivity contribution >= 4 is 44.6 Å². The number of benzene rings is 2. The van der Waals surface area contributed by atoms with E-state index in [2.05, 4.69) is 60.4 Å². The highest BCUT2D eigenvalue weighted by molar-refractivity contribution is 9.10.